The fourth-order valence-corrected chi connectivity index (χ4v) is 6.41. The Morgan fingerprint density at radius 3 is 2.70 bits per heavy atom. The molecule has 0 bridgehead atoms. The van der Waals surface area contributed by atoms with Crippen LogP contribution in [0.5, 0.6) is 0 Å². The molecule has 0 radical (unpaired) electrons. The predicted octanol–water partition coefficient (Wildman–Crippen LogP) is -0.0319. The molecule has 0 spiro atoms. The second-order valence-electron chi connectivity index (χ2n) is 4.77. The van der Waals surface area contributed by atoms with Gasteiger partial charge in [0.25, 0.3) is 0 Å². The van der Waals surface area contributed by atoms with Crippen molar-refractivity contribution in [2.75, 3.05) is 18.1 Å². The Labute approximate surface area is 121 Å². The second kappa shape index (κ2) is 5.72. The van der Waals surface area contributed by atoms with Gasteiger partial charge in [-0.25, -0.2) is 8.42 Å². The van der Waals surface area contributed by atoms with Gasteiger partial charge in [-0.3, -0.25) is 9.59 Å². The number of amidine groups is 1. The number of amides is 1. The summed E-state index contributed by atoms with van der Waals surface area (Å²) in [4.78, 5) is 27.8. The van der Waals surface area contributed by atoms with Crippen LogP contribution < -0.4 is 0 Å². The highest BCUT2D eigenvalue weighted by Crippen LogP contribution is 2.37. The lowest BCUT2D eigenvalue weighted by atomic mass is 10.2. The summed E-state index contributed by atoms with van der Waals surface area (Å²) in [6.45, 7) is 2.46. The first-order chi connectivity index (χ1) is 9.32. The molecule has 1 amide bonds. The van der Waals surface area contributed by atoms with Gasteiger partial charge in [-0.1, -0.05) is 11.8 Å². The molecule has 0 aromatic carbocycles. The Bertz CT molecular complexity index is 557. The van der Waals surface area contributed by atoms with Gasteiger partial charge in [-0.2, -0.15) is 4.99 Å². The molecule has 0 aliphatic carbocycles. The van der Waals surface area contributed by atoms with Crippen LogP contribution in [0.25, 0.3) is 0 Å². The lowest BCUT2D eigenvalue weighted by molar-refractivity contribution is -0.138. The molecule has 2 rings (SSSR count). The number of carbonyl (C=O) groups is 2. The highest BCUT2D eigenvalue weighted by Gasteiger charge is 2.48. The van der Waals surface area contributed by atoms with Crippen molar-refractivity contribution in [1.82, 2.24) is 4.90 Å². The molecule has 2 fully saturated rings. The largest absolute Gasteiger partial charge is 0.481 e. The number of carboxylic acid groups (broad SMARTS) is 1. The Balaban J connectivity index is 2.07. The SMILES string of the molecule is CCN1C(=NC(=O)CCC(=O)O)SC2CS(=O)(=O)CC21. The van der Waals surface area contributed by atoms with E-state index in [0.717, 1.165) is 0 Å². The van der Waals surface area contributed by atoms with Crippen LogP contribution in [0.3, 0.4) is 0 Å². The summed E-state index contributed by atoms with van der Waals surface area (Å²) in [5, 5.41) is 8.97. The van der Waals surface area contributed by atoms with E-state index in [1.807, 2.05) is 11.8 Å². The van der Waals surface area contributed by atoms with E-state index in [9.17, 15) is 18.0 Å². The number of hydrogen-bond donors (Lipinski definition) is 1. The molecule has 2 aliphatic rings. The third kappa shape index (κ3) is 3.32. The van der Waals surface area contributed by atoms with Crippen molar-refractivity contribution in [3.63, 3.8) is 0 Å². The molecule has 7 nitrogen and oxygen atoms in total. The molecule has 2 atom stereocenters. The molecule has 20 heavy (non-hydrogen) atoms. The number of sulfone groups is 1. The maximum absolute atomic E-state index is 11.6. The number of fused-ring (bicyclic) bond motifs is 1. The molecule has 2 heterocycles. The zero-order chi connectivity index (χ0) is 14.9. The number of carbonyl (C=O) groups excluding carboxylic acids is 1. The molecule has 2 saturated heterocycles. The van der Waals surface area contributed by atoms with Crippen molar-refractivity contribution < 1.29 is 23.1 Å². The number of hydrogen-bond acceptors (Lipinski definition) is 5. The summed E-state index contributed by atoms with van der Waals surface area (Å²) in [6.07, 6.45) is -0.377. The van der Waals surface area contributed by atoms with Gasteiger partial charge in [0, 0.05) is 18.2 Å². The van der Waals surface area contributed by atoms with Crippen LogP contribution >= 0.6 is 11.8 Å². The first-order valence-corrected chi connectivity index (χ1v) is 8.99. The Morgan fingerprint density at radius 1 is 1.40 bits per heavy atom. The lowest BCUT2D eigenvalue weighted by Crippen LogP contribution is -2.37. The van der Waals surface area contributed by atoms with Gasteiger partial charge in [0.15, 0.2) is 15.0 Å². The monoisotopic (exact) mass is 320 g/mol. The minimum atomic E-state index is -3.00. The van der Waals surface area contributed by atoms with Gasteiger partial charge in [0.2, 0.25) is 5.91 Å². The molecule has 1 N–H and O–H groups in total. The number of rotatable bonds is 4. The molecule has 2 unspecified atom stereocenters. The minimum absolute atomic E-state index is 0.0778. The average Bonchev–Trinajstić information content (AvgIpc) is 2.77. The van der Waals surface area contributed by atoms with Crippen LogP contribution in [0, 0.1) is 0 Å². The second-order valence-corrected chi connectivity index (χ2v) is 8.13. The first-order valence-electron chi connectivity index (χ1n) is 6.29. The molecular weight excluding hydrogens is 304 g/mol. The summed E-state index contributed by atoms with van der Waals surface area (Å²) < 4.78 is 23.2. The van der Waals surface area contributed by atoms with Crippen LogP contribution in [0.1, 0.15) is 19.8 Å². The van der Waals surface area contributed by atoms with Crippen molar-refractivity contribution in [1.29, 1.82) is 0 Å². The Hall–Kier alpha value is -1.09. The fraction of sp³-hybridized carbons (Fsp3) is 0.727. The number of carboxylic acids is 1. The summed E-state index contributed by atoms with van der Waals surface area (Å²) >= 11 is 1.31. The Morgan fingerprint density at radius 2 is 2.10 bits per heavy atom. The van der Waals surface area contributed by atoms with E-state index in [4.69, 9.17) is 5.11 Å². The Kier molecular flexibility index (Phi) is 4.38. The smallest absolute Gasteiger partial charge is 0.303 e. The highest BCUT2D eigenvalue weighted by atomic mass is 32.2. The summed E-state index contributed by atoms with van der Waals surface area (Å²) in [7, 11) is -3.00. The van der Waals surface area contributed by atoms with Gasteiger partial charge in [-0.05, 0) is 6.92 Å². The van der Waals surface area contributed by atoms with Crippen LogP contribution in [0.15, 0.2) is 4.99 Å². The van der Waals surface area contributed by atoms with Crippen LogP contribution in [0.4, 0.5) is 0 Å². The van der Waals surface area contributed by atoms with Crippen molar-refractivity contribution >= 4 is 38.6 Å². The number of aliphatic carboxylic acids is 1. The van der Waals surface area contributed by atoms with E-state index >= 15 is 0 Å². The molecule has 0 saturated carbocycles. The number of thioether (sulfide) groups is 1. The van der Waals surface area contributed by atoms with Crippen molar-refractivity contribution in [3.05, 3.63) is 0 Å². The van der Waals surface area contributed by atoms with E-state index in [1.165, 1.54) is 11.8 Å². The topological polar surface area (TPSA) is 104 Å². The molecule has 0 aromatic heterocycles. The maximum Gasteiger partial charge on any atom is 0.303 e. The van der Waals surface area contributed by atoms with Crippen molar-refractivity contribution in [2.45, 2.75) is 31.1 Å². The number of aliphatic imine (C=N–C) groups is 1. The summed E-state index contributed by atoms with van der Waals surface area (Å²) in [6, 6.07) is -0.124. The van der Waals surface area contributed by atoms with Gasteiger partial charge >= 0.3 is 5.97 Å². The lowest BCUT2D eigenvalue weighted by Gasteiger charge is -2.22. The number of nitrogens with zero attached hydrogens (tertiary/aromatic N) is 2. The molecule has 112 valence electrons. The molecule has 0 aromatic rings. The third-order valence-electron chi connectivity index (χ3n) is 3.29. The maximum atomic E-state index is 11.6. The van der Waals surface area contributed by atoms with E-state index in [-0.39, 0.29) is 35.6 Å². The quantitative estimate of drug-likeness (QED) is 0.775. The van der Waals surface area contributed by atoms with Gasteiger partial charge < -0.3 is 10.0 Å². The molecule has 9 heteroatoms. The normalized spacial score (nSPS) is 29.6. The van der Waals surface area contributed by atoms with E-state index in [1.54, 1.807) is 0 Å². The van der Waals surface area contributed by atoms with Gasteiger partial charge in [-0.15, -0.1) is 0 Å². The first kappa shape index (κ1) is 15.3. The van der Waals surface area contributed by atoms with Crippen molar-refractivity contribution in [2.24, 2.45) is 4.99 Å². The average molecular weight is 320 g/mol. The molecular formula is C11H16N2O5S2. The molecule has 2 aliphatic heterocycles. The standard InChI is InChI=1S/C11H16N2O5S2/c1-2-13-7-5-20(17,18)6-8(7)19-11(13)12-9(14)3-4-10(15)16/h7-8H,2-6H2,1H3,(H,15,16). The summed E-state index contributed by atoms with van der Waals surface area (Å²) in [5.41, 5.74) is 0. The van der Waals surface area contributed by atoms with E-state index < -0.39 is 21.7 Å². The van der Waals surface area contributed by atoms with Gasteiger partial charge in [0.05, 0.1) is 24.0 Å². The van der Waals surface area contributed by atoms with E-state index in [2.05, 4.69) is 4.99 Å². The van der Waals surface area contributed by atoms with Crippen LogP contribution in [-0.2, 0) is 19.4 Å². The van der Waals surface area contributed by atoms with Crippen LogP contribution in [-0.4, -0.2) is 64.8 Å². The minimum Gasteiger partial charge on any atom is -0.481 e. The zero-order valence-electron chi connectivity index (χ0n) is 11.0. The van der Waals surface area contributed by atoms with Crippen LogP contribution in [0.2, 0.25) is 0 Å². The highest BCUT2D eigenvalue weighted by molar-refractivity contribution is 8.15. The predicted molar refractivity (Wildman–Crippen MR) is 75.5 cm³/mol. The zero-order valence-corrected chi connectivity index (χ0v) is 12.6. The van der Waals surface area contributed by atoms with Crippen molar-refractivity contribution in [3.8, 4) is 0 Å². The summed E-state index contributed by atoms with van der Waals surface area (Å²) in [5.74, 6) is -1.30. The third-order valence-corrected chi connectivity index (χ3v) is 6.54. The van der Waals surface area contributed by atoms with E-state index in [0.29, 0.717) is 11.7 Å². The fourth-order valence-electron chi connectivity index (χ4n) is 2.38. The van der Waals surface area contributed by atoms with Gasteiger partial charge in [0.1, 0.15) is 0 Å².